The highest BCUT2D eigenvalue weighted by molar-refractivity contribution is 5.38. The average Bonchev–Trinajstić information content (AvgIpc) is 2.68. The van der Waals surface area contributed by atoms with Gasteiger partial charge < -0.3 is 24.2 Å². The van der Waals surface area contributed by atoms with Crippen LogP contribution < -0.4 is 14.9 Å². The summed E-state index contributed by atoms with van der Waals surface area (Å²) in [5.41, 5.74) is 1.21. The fraction of sp³-hybridized carbons (Fsp3) is 0.158. The third-order valence-corrected chi connectivity index (χ3v) is 3.84. The lowest BCUT2D eigenvalue weighted by atomic mass is 10.2. The Labute approximate surface area is 154 Å². The minimum absolute atomic E-state index is 0.0166. The smallest absolute Gasteiger partial charge is 0.406 e. The van der Waals surface area contributed by atoms with Crippen molar-refractivity contribution >= 4 is 5.82 Å². The number of hydrogen-bond donors (Lipinski definition) is 0. The summed E-state index contributed by atoms with van der Waals surface area (Å²) >= 11 is 0. The number of nitrogens with zero attached hydrogens (tertiary/aromatic N) is 3. The number of aromatic nitrogens is 2. The van der Waals surface area contributed by atoms with Crippen molar-refractivity contribution in [1.82, 2.24) is 9.55 Å². The van der Waals surface area contributed by atoms with Gasteiger partial charge in [-0.25, -0.2) is 0 Å². The van der Waals surface area contributed by atoms with Crippen LogP contribution in [0.25, 0.3) is 0 Å². The molecule has 138 valence electrons. The van der Waals surface area contributed by atoms with Crippen LogP contribution in [0.5, 0.6) is 11.5 Å². The molecule has 0 unspecified atom stereocenters. The third kappa shape index (κ3) is 4.49. The minimum Gasteiger partial charge on any atom is -0.483 e. The second kappa shape index (κ2) is 8.13. The number of rotatable bonds is 7. The molecule has 0 fully saturated rings. The predicted octanol–water partition coefficient (Wildman–Crippen LogP) is 2.85. The summed E-state index contributed by atoms with van der Waals surface area (Å²) in [6.07, 6.45) is 2.89. The first-order valence-electron chi connectivity index (χ1n) is 8.13. The molecule has 2 heterocycles. The Hall–Kier alpha value is -3.68. The highest BCUT2D eigenvalue weighted by Gasteiger charge is 2.16. The van der Waals surface area contributed by atoms with E-state index < -0.39 is 4.92 Å². The standard InChI is InChI=1S/C19H17N3O5/c1-21-11-18(26-12-14-6-3-2-4-7-14)16(23)10-15(21)13-27-17-8-5-9-20-19(17)22(24)25/h2-11H,12-13H2,1H3. The Morgan fingerprint density at radius 2 is 1.81 bits per heavy atom. The highest BCUT2D eigenvalue weighted by Crippen LogP contribution is 2.23. The third-order valence-electron chi connectivity index (χ3n) is 3.84. The first-order valence-corrected chi connectivity index (χ1v) is 8.13. The number of hydrogen-bond acceptors (Lipinski definition) is 6. The van der Waals surface area contributed by atoms with Crippen molar-refractivity contribution in [3.8, 4) is 11.5 Å². The van der Waals surface area contributed by atoms with Gasteiger partial charge in [-0.1, -0.05) is 30.3 Å². The summed E-state index contributed by atoms with van der Waals surface area (Å²) < 4.78 is 12.8. The maximum Gasteiger partial charge on any atom is 0.406 e. The Morgan fingerprint density at radius 3 is 2.56 bits per heavy atom. The van der Waals surface area contributed by atoms with Crippen LogP contribution in [0.3, 0.4) is 0 Å². The van der Waals surface area contributed by atoms with Gasteiger partial charge in [0.1, 0.15) is 19.4 Å². The molecular formula is C19H17N3O5. The second-order valence-electron chi connectivity index (χ2n) is 5.75. The van der Waals surface area contributed by atoms with Gasteiger partial charge in [0.15, 0.2) is 5.75 Å². The number of pyridine rings is 2. The monoisotopic (exact) mass is 367 g/mol. The molecule has 0 aliphatic heterocycles. The van der Waals surface area contributed by atoms with Gasteiger partial charge in [0, 0.05) is 13.1 Å². The lowest BCUT2D eigenvalue weighted by Crippen LogP contribution is -2.15. The lowest BCUT2D eigenvalue weighted by molar-refractivity contribution is -0.390. The van der Waals surface area contributed by atoms with Gasteiger partial charge in [-0.3, -0.25) is 4.79 Å². The number of benzene rings is 1. The molecule has 2 aromatic heterocycles. The van der Waals surface area contributed by atoms with E-state index in [0.29, 0.717) is 5.69 Å². The van der Waals surface area contributed by atoms with E-state index in [1.807, 2.05) is 30.3 Å². The van der Waals surface area contributed by atoms with Gasteiger partial charge in [0.2, 0.25) is 11.2 Å². The molecule has 0 radical (unpaired) electrons. The first kappa shape index (κ1) is 18.1. The van der Waals surface area contributed by atoms with E-state index in [9.17, 15) is 14.9 Å². The molecule has 0 atom stereocenters. The topological polar surface area (TPSA) is 96.5 Å². The van der Waals surface area contributed by atoms with Gasteiger partial charge in [-0.05, 0) is 27.6 Å². The van der Waals surface area contributed by atoms with Crippen LogP contribution in [0.15, 0.2) is 65.7 Å². The second-order valence-corrected chi connectivity index (χ2v) is 5.75. The molecule has 0 saturated heterocycles. The van der Waals surface area contributed by atoms with Gasteiger partial charge in [-0.15, -0.1) is 0 Å². The Bertz CT molecular complexity index is 1000. The van der Waals surface area contributed by atoms with Gasteiger partial charge >= 0.3 is 5.82 Å². The zero-order chi connectivity index (χ0) is 19.2. The van der Waals surface area contributed by atoms with E-state index in [1.165, 1.54) is 18.3 Å². The van der Waals surface area contributed by atoms with Gasteiger partial charge in [0.05, 0.1) is 11.9 Å². The molecule has 27 heavy (non-hydrogen) atoms. The molecule has 3 aromatic rings. The Morgan fingerprint density at radius 1 is 1.07 bits per heavy atom. The largest absolute Gasteiger partial charge is 0.483 e. The van der Waals surface area contributed by atoms with Crippen LogP contribution in [0.1, 0.15) is 11.3 Å². The van der Waals surface area contributed by atoms with Crippen LogP contribution in [0.4, 0.5) is 5.82 Å². The van der Waals surface area contributed by atoms with Crippen molar-refractivity contribution in [2.45, 2.75) is 13.2 Å². The van der Waals surface area contributed by atoms with Crippen LogP contribution in [0, 0.1) is 10.1 Å². The van der Waals surface area contributed by atoms with E-state index in [4.69, 9.17) is 9.47 Å². The van der Waals surface area contributed by atoms with E-state index in [1.54, 1.807) is 23.9 Å². The van der Waals surface area contributed by atoms with Crippen molar-refractivity contribution < 1.29 is 14.4 Å². The first-order chi connectivity index (χ1) is 13.0. The fourth-order valence-electron chi connectivity index (χ4n) is 2.42. The highest BCUT2D eigenvalue weighted by atomic mass is 16.6. The summed E-state index contributed by atoms with van der Waals surface area (Å²) in [7, 11) is 1.74. The van der Waals surface area contributed by atoms with Crippen molar-refractivity contribution in [2.24, 2.45) is 7.05 Å². The minimum atomic E-state index is -0.616. The number of ether oxygens (including phenoxy) is 2. The summed E-state index contributed by atoms with van der Waals surface area (Å²) in [5, 5.41) is 11.0. The fourth-order valence-corrected chi connectivity index (χ4v) is 2.42. The van der Waals surface area contributed by atoms with E-state index in [0.717, 1.165) is 5.56 Å². The zero-order valence-corrected chi connectivity index (χ0v) is 14.6. The van der Waals surface area contributed by atoms with Crippen molar-refractivity contribution in [1.29, 1.82) is 0 Å². The van der Waals surface area contributed by atoms with Crippen molar-refractivity contribution in [3.05, 3.63) is 92.5 Å². The predicted molar refractivity (Wildman–Crippen MR) is 97.7 cm³/mol. The molecule has 0 aliphatic rings. The summed E-state index contributed by atoms with van der Waals surface area (Å²) in [6, 6.07) is 13.9. The van der Waals surface area contributed by atoms with E-state index >= 15 is 0 Å². The SMILES string of the molecule is Cn1cc(OCc2ccccc2)c(=O)cc1COc1cccnc1[N+](=O)[O-]. The number of aryl methyl sites for hydroxylation is 1. The van der Waals surface area contributed by atoms with E-state index in [2.05, 4.69) is 4.98 Å². The molecule has 0 amide bonds. The van der Waals surface area contributed by atoms with E-state index in [-0.39, 0.29) is 36.0 Å². The number of nitro groups is 1. The lowest BCUT2D eigenvalue weighted by Gasteiger charge is -2.12. The molecule has 0 spiro atoms. The molecule has 8 heteroatoms. The molecule has 0 N–H and O–H groups in total. The maximum absolute atomic E-state index is 12.3. The van der Waals surface area contributed by atoms with Gasteiger partial charge in [-0.2, -0.15) is 0 Å². The van der Waals surface area contributed by atoms with Gasteiger partial charge in [0.25, 0.3) is 0 Å². The van der Waals surface area contributed by atoms with Crippen LogP contribution in [0.2, 0.25) is 0 Å². The summed E-state index contributed by atoms with van der Waals surface area (Å²) in [4.78, 5) is 26.3. The quantitative estimate of drug-likeness (QED) is 0.471. The van der Waals surface area contributed by atoms with Crippen LogP contribution >= 0.6 is 0 Å². The molecule has 3 rings (SSSR count). The molecule has 0 bridgehead atoms. The maximum atomic E-state index is 12.3. The normalized spacial score (nSPS) is 10.4. The molecule has 0 saturated carbocycles. The molecule has 0 aliphatic carbocycles. The van der Waals surface area contributed by atoms with Crippen molar-refractivity contribution in [3.63, 3.8) is 0 Å². The molecule has 8 nitrogen and oxygen atoms in total. The molecule has 1 aromatic carbocycles. The van der Waals surface area contributed by atoms with Crippen LogP contribution in [-0.2, 0) is 20.3 Å². The van der Waals surface area contributed by atoms with Crippen LogP contribution in [-0.4, -0.2) is 14.5 Å². The summed E-state index contributed by atoms with van der Waals surface area (Å²) in [5.74, 6) is -0.109. The zero-order valence-electron chi connectivity index (χ0n) is 14.6. The average molecular weight is 367 g/mol. The molecular weight excluding hydrogens is 350 g/mol. The Balaban J connectivity index is 1.72. The van der Waals surface area contributed by atoms with Crippen molar-refractivity contribution in [2.75, 3.05) is 0 Å². The Kier molecular flexibility index (Phi) is 5.46. The summed E-state index contributed by atoms with van der Waals surface area (Å²) in [6.45, 7) is 0.269.